The molecule has 0 aliphatic carbocycles. The third-order valence-electron chi connectivity index (χ3n) is 2.69. The first-order chi connectivity index (χ1) is 7.86. The second-order valence-electron chi connectivity index (χ2n) is 3.82. The van der Waals surface area contributed by atoms with Crippen molar-refractivity contribution in [2.45, 2.75) is 6.54 Å². The normalized spacial score (nSPS) is 17.8. The van der Waals surface area contributed by atoms with Gasteiger partial charge in [0.2, 0.25) is 0 Å². The van der Waals surface area contributed by atoms with Crippen LogP contribution in [-0.4, -0.2) is 44.3 Å². The van der Waals surface area contributed by atoms with E-state index in [0.29, 0.717) is 0 Å². The van der Waals surface area contributed by atoms with E-state index in [4.69, 9.17) is 4.74 Å². The molecule has 0 bridgehead atoms. The molecule has 0 atom stereocenters. The van der Waals surface area contributed by atoms with E-state index in [2.05, 4.69) is 37.6 Å². The average molecular weight is 305 g/mol. The Kier molecular flexibility index (Phi) is 5.25. The topological polar surface area (TPSA) is 24.5 Å². The van der Waals surface area contributed by atoms with Crippen molar-refractivity contribution in [2.75, 3.05) is 39.4 Å². The molecule has 0 amide bonds. The minimum Gasteiger partial charge on any atom is -0.379 e. The Morgan fingerprint density at radius 2 is 2.25 bits per heavy atom. The molecular weight excluding hydrogens is 288 g/mol. The average Bonchev–Trinajstić information content (AvgIpc) is 2.72. The summed E-state index contributed by atoms with van der Waals surface area (Å²) in [5, 5.41) is 5.59. The summed E-state index contributed by atoms with van der Waals surface area (Å²) < 4.78 is 6.53. The molecule has 90 valence electrons. The molecule has 1 fully saturated rings. The van der Waals surface area contributed by atoms with E-state index in [1.807, 2.05) is 0 Å². The van der Waals surface area contributed by atoms with Gasteiger partial charge < -0.3 is 10.1 Å². The van der Waals surface area contributed by atoms with E-state index >= 15 is 0 Å². The summed E-state index contributed by atoms with van der Waals surface area (Å²) in [5.41, 5.74) is 0. The van der Waals surface area contributed by atoms with Gasteiger partial charge in [-0.15, -0.1) is 11.3 Å². The largest absolute Gasteiger partial charge is 0.379 e. The minimum atomic E-state index is 0.885. The highest BCUT2D eigenvalue weighted by Crippen LogP contribution is 2.21. The van der Waals surface area contributed by atoms with Gasteiger partial charge in [0.15, 0.2) is 0 Å². The lowest BCUT2D eigenvalue weighted by Gasteiger charge is -2.26. The van der Waals surface area contributed by atoms with E-state index in [9.17, 15) is 0 Å². The van der Waals surface area contributed by atoms with Gasteiger partial charge in [-0.1, -0.05) is 0 Å². The number of nitrogens with one attached hydrogen (secondary N) is 1. The fraction of sp³-hybridized carbons (Fsp3) is 0.636. The van der Waals surface area contributed by atoms with E-state index in [1.165, 1.54) is 9.35 Å². The van der Waals surface area contributed by atoms with Crippen LogP contribution in [0.15, 0.2) is 15.9 Å². The number of hydrogen-bond donors (Lipinski definition) is 1. The Morgan fingerprint density at radius 1 is 1.44 bits per heavy atom. The Bertz CT molecular complexity index is 313. The van der Waals surface area contributed by atoms with E-state index in [-0.39, 0.29) is 0 Å². The van der Waals surface area contributed by atoms with E-state index in [1.54, 1.807) is 11.3 Å². The number of nitrogens with zero attached hydrogens (tertiary/aromatic N) is 1. The summed E-state index contributed by atoms with van der Waals surface area (Å²) >= 11 is 5.33. The molecule has 1 aromatic rings. The van der Waals surface area contributed by atoms with Gasteiger partial charge in [0.05, 0.1) is 13.2 Å². The smallest absolute Gasteiger partial charge is 0.0594 e. The molecule has 16 heavy (non-hydrogen) atoms. The van der Waals surface area contributed by atoms with Gasteiger partial charge in [-0.3, -0.25) is 4.90 Å². The van der Waals surface area contributed by atoms with Gasteiger partial charge in [-0.2, -0.15) is 0 Å². The first kappa shape index (κ1) is 12.5. The predicted octanol–water partition coefficient (Wildman–Crippen LogP) is 1.93. The predicted molar refractivity (Wildman–Crippen MR) is 71.0 cm³/mol. The number of thiophene rings is 1. The fourth-order valence-electron chi connectivity index (χ4n) is 1.72. The third kappa shape index (κ3) is 3.82. The second kappa shape index (κ2) is 6.71. The molecule has 0 spiro atoms. The van der Waals surface area contributed by atoms with Crippen molar-refractivity contribution in [1.82, 2.24) is 10.2 Å². The molecular formula is C11H17BrN2OS. The summed E-state index contributed by atoms with van der Waals surface area (Å²) in [5.74, 6) is 0. The van der Waals surface area contributed by atoms with E-state index < -0.39 is 0 Å². The van der Waals surface area contributed by atoms with Gasteiger partial charge in [0, 0.05) is 42.1 Å². The molecule has 2 heterocycles. The Morgan fingerprint density at radius 3 is 2.94 bits per heavy atom. The van der Waals surface area contributed by atoms with Crippen LogP contribution in [0.3, 0.4) is 0 Å². The summed E-state index contributed by atoms with van der Waals surface area (Å²) in [7, 11) is 0. The van der Waals surface area contributed by atoms with Crippen LogP contribution in [0.4, 0.5) is 0 Å². The maximum atomic E-state index is 5.31. The number of rotatable bonds is 5. The fourth-order valence-corrected chi connectivity index (χ4v) is 3.18. The summed E-state index contributed by atoms with van der Waals surface area (Å²) in [6, 6.07) is 2.10. The van der Waals surface area contributed by atoms with Crippen molar-refractivity contribution in [2.24, 2.45) is 0 Å². The highest BCUT2D eigenvalue weighted by molar-refractivity contribution is 9.10. The van der Waals surface area contributed by atoms with Gasteiger partial charge in [-0.05, 0) is 27.4 Å². The van der Waals surface area contributed by atoms with Crippen LogP contribution in [-0.2, 0) is 11.3 Å². The van der Waals surface area contributed by atoms with Crippen molar-refractivity contribution in [3.63, 3.8) is 0 Å². The number of morpholine rings is 1. The van der Waals surface area contributed by atoms with Crippen molar-refractivity contribution in [3.05, 3.63) is 20.8 Å². The van der Waals surface area contributed by atoms with Crippen molar-refractivity contribution < 1.29 is 4.74 Å². The van der Waals surface area contributed by atoms with Crippen molar-refractivity contribution in [1.29, 1.82) is 0 Å². The quantitative estimate of drug-likeness (QED) is 0.841. The molecule has 1 aromatic heterocycles. The SMILES string of the molecule is Brc1ccsc1CNCCN1CCOCC1. The zero-order chi connectivity index (χ0) is 11.2. The molecule has 1 aliphatic heterocycles. The molecule has 0 radical (unpaired) electrons. The van der Waals surface area contributed by atoms with Crippen molar-refractivity contribution in [3.8, 4) is 0 Å². The molecule has 2 rings (SSSR count). The summed E-state index contributed by atoms with van der Waals surface area (Å²) in [4.78, 5) is 3.82. The zero-order valence-electron chi connectivity index (χ0n) is 9.25. The highest BCUT2D eigenvalue weighted by Gasteiger charge is 2.09. The lowest BCUT2D eigenvalue weighted by atomic mass is 10.4. The minimum absolute atomic E-state index is 0.885. The van der Waals surface area contributed by atoms with Gasteiger partial charge in [-0.25, -0.2) is 0 Å². The second-order valence-corrected chi connectivity index (χ2v) is 5.68. The van der Waals surface area contributed by atoms with Crippen LogP contribution < -0.4 is 5.32 Å². The molecule has 0 aromatic carbocycles. The van der Waals surface area contributed by atoms with Gasteiger partial charge in [0.1, 0.15) is 0 Å². The number of ether oxygens (including phenoxy) is 1. The Balaban J connectivity index is 1.59. The Hall–Kier alpha value is 0.0600. The van der Waals surface area contributed by atoms with Gasteiger partial charge >= 0.3 is 0 Å². The number of hydrogen-bond acceptors (Lipinski definition) is 4. The first-order valence-corrected chi connectivity index (χ1v) is 7.26. The maximum absolute atomic E-state index is 5.31. The number of halogens is 1. The van der Waals surface area contributed by atoms with Crippen LogP contribution in [0.2, 0.25) is 0 Å². The maximum Gasteiger partial charge on any atom is 0.0594 e. The molecule has 0 unspecified atom stereocenters. The van der Waals surface area contributed by atoms with Crippen LogP contribution in [0.5, 0.6) is 0 Å². The van der Waals surface area contributed by atoms with E-state index in [0.717, 1.165) is 45.9 Å². The van der Waals surface area contributed by atoms with Gasteiger partial charge in [0.25, 0.3) is 0 Å². The standard InChI is InChI=1S/C11H17BrN2OS/c12-10-1-8-16-11(10)9-13-2-3-14-4-6-15-7-5-14/h1,8,13H,2-7,9H2. The molecule has 1 N–H and O–H groups in total. The monoisotopic (exact) mass is 304 g/mol. The molecule has 1 saturated heterocycles. The molecule has 1 aliphatic rings. The van der Waals surface area contributed by atoms with Crippen LogP contribution in [0.25, 0.3) is 0 Å². The third-order valence-corrected chi connectivity index (χ3v) is 4.61. The van der Waals surface area contributed by atoms with Crippen molar-refractivity contribution >= 4 is 27.3 Å². The Labute approximate surface area is 109 Å². The molecule has 5 heteroatoms. The summed E-state index contributed by atoms with van der Waals surface area (Å²) in [6.45, 7) is 7.04. The lowest BCUT2D eigenvalue weighted by Crippen LogP contribution is -2.40. The summed E-state index contributed by atoms with van der Waals surface area (Å²) in [6.07, 6.45) is 0. The zero-order valence-corrected chi connectivity index (χ0v) is 11.6. The van der Waals surface area contributed by atoms with Crippen LogP contribution >= 0.6 is 27.3 Å². The highest BCUT2D eigenvalue weighted by atomic mass is 79.9. The molecule has 0 saturated carbocycles. The van der Waals surface area contributed by atoms with Crippen LogP contribution in [0, 0.1) is 0 Å². The lowest BCUT2D eigenvalue weighted by molar-refractivity contribution is 0.0384. The molecule has 3 nitrogen and oxygen atoms in total. The van der Waals surface area contributed by atoms with Crippen LogP contribution in [0.1, 0.15) is 4.88 Å². The first-order valence-electron chi connectivity index (χ1n) is 5.59.